The molecule has 0 bridgehead atoms. The van der Waals surface area contributed by atoms with E-state index in [0.29, 0.717) is 11.8 Å². The number of nitrogens with two attached hydrogens (primary N) is 1. The van der Waals surface area contributed by atoms with Gasteiger partial charge in [-0.3, -0.25) is 0 Å². The Morgan fingerprint density at radius 2 is 2.27 bits per heavy atom. The first kappa shape index (κ1) is 11.0. The summed E-state index contributed by atoms with van der Waals surface area (Å²) in [6.07, 6.45) is 2.14. The topological polar surface area (TPSA) is 46.2 Å². The molecule has 1 aromatic rings. The molecule has 3 heteroatoms. The predicted molar refractivity (Wildman–Crippen MR) is 64.0 cm³/mol. The van der Waals surface area contributed by atoms with Gasteiger partial charge in [0.2, 0.25) is 0 Å². The monoisotopic (exact) mass is 223 g/mol. The lowest BCUT2D eigenvalue weighted by molar-refractivity contribution is 0.222. The molecule has 2 rings (SSSR count). The Hall–Kier alpha value is -0.510. The van der Waals surface area contributed by atoms with Gasteiger partial charge >= 0.3 is 0 Å². The Kier molecular flexibility index (Phi) is 3.67. The normalized spacial score (nSPS) is 21.3. The van der Waals surface area contributed by atoms with Crippen LogP contribution in [0.1, 0.15) is 12.0 Å². The van der Waals surface area contributed by atoms with Crippen molar-refractivity contribution in [2.24, 2.45) is 11.7 Å². The van der Waals surface area contributed by atoms with E-state index in [2.05, 4.69) is 24.3 Å². The van der Waals surface area contributed by atoms with Gasteiger partial charge in [-0.05, 0) is 36.9 Å². The van der Waals surface area contributed by atoms with Crippen molar-refractivity contribution < 1.29 is 5.11 Å². The van der Waals surface area contributed by atoms with Crippen LogP contribution in [-0.2, 0) is 6.42 Å². The van der Waals surface area contributed by atoms with Crippen LogP contribution >= 0.6 is 11.8 Å². The van der Waals surface area contributed by atoms with E-state index in [1.165, 1.54) is 10.5 Å². The van der Waals surface area contributed by atoms with E-state index < -0.39 is 0 Å². The third kappa shape index (κ3) is 2.54. The maximum absolute atomic E-state index is 9.11. The number of thioether (sulfide) groups is 1. The minimum absolute atomic E-state index is 0.212. The zero-order valence-corrected chi connectivity index (χ0v) is 9.54. The van der Waals surface area contributed by atoms with E-state index in [4.69, 9.17) is 10.8 Å². The molecule has 0 saturated carbocycles. The van der Waals surface area contributed by atoms with E-state index in [1.54, 1.807) is 0 Å². The first-order chi connectivity index (χ1) is 7.33. The highest BCUT2D eigenvalue weighted by Gasteiger charge is 2.23. The van der Waals surface area contributed by atoms with Crippen LogP contribution in [0.3, 0.4) is 0 Å². The summed E-state index contributed by atoms with van der Waals surface area (Å²) < 4.78 is 0. The fraction of sp³-hybridized carbons (Fsp3) is 0.500. The summed E-state index contributed by atoms with van der Waals surface area (Å²) in [7, 11) is 0. The van der Waals surface area contributed by atoms with Crippen LogP contribution in [0.25, 0.3) is 0 Å². The number of hydrogen-bond donors (Lipinski definition) is 2. The molecule has 2 unspecified atom stereocenters. The molecule has 1 aliphatic rings. The standard InChI is InChI=1S/C12H17NOS/c13-7-9(8-14)5-11-6-10-3-1-2-4-12(10)15-11/h1-4,9,11,14H,5-8,13H2. The molecule has 1 aliphatic heterocycles. The average molecular weight is 223 g/mol. The molecule has 0 spiro atoms. The predicted octanol–water partition coefficient (Wildman–Crippen LogP) is 1.66. The van der Waals surface area contributed by atoms with Crippen molar-refractivity contribution in [2.45, 2.75) is 23.0 Å². The molecular formula is C12H17NOS. The summed E-state index contributed by atoms with van der Waals surface area (Å²) in [6, 6.07) is 8.55. The molecule has 1 aromatic carbocycles. The van der Waals surface area contributed by atoms with Crippen molar-refractivity contribution in [1.29, 1.82) is 0 Å². The fourth-order valence-electron chi connectivity index (χ4n) is 2.00. The molecule has 3 N–H and O–H groups in total. The van der Waals surface area contributed by atoms with E-state index in [1.807, 2.05) is 11.8 Å². The number of benzene rings is 1. The highest BCUT2D eigenvalue weighted by Crippen LogP contribution is 2.39. The number of aliphatic hydroxyl groups is 1. The fourth-order valence-corrected chi connectivity index (χ4v) is 3.45. The van der Waals surface area contributed by atoms with Gasteiger partial charge in [0, 0.05) is 16.8 Å². The van der Waals surface area contributed by atoms with Gasteiger partial charge in [-0.25, -0.2) is 0 Å². The Morgan fingerprint density at radius 3 is 2.93 bits per heavy atom. The van der Waals surface area contributed by atoms with Gasteiger partial charge in [0.05, 0.1) is 0 Å². The van der Waals surface area contributed by atoms with Crippen molar-refractivity contribution in [2.75, 3.05) is 13.2 Å². The van der Waals surface area contributed by atoms with Crippen LogP contribution in [0, 0.1) is 5.92 Å². The molecule has 0 amide bonds. The zero-order valence-electron chi connectivity index (χ0n) is 8.73. The van der Waals surface area contributed by atoms with Crippen LogP contribution in [0.2, 0.25) is 0 Å². The van der Waals surface area contributed by atoms with Crippen LogP contribution in [0.5, 0.6) is 0 Å². The smallest absolute Gasteiger partial charge is 0.0471 e. The van der Waals surface area contributed by atoms with Gasteiger partial charge in [0.1, 0.15) is 0 Å². The van der Waals surface area contributed by atoms with Gasteiger partial charge in [-0.2, -0.15) is 0 Å². The van der Waals surface area contributed by atoms with Gasteiger partial charge in [-0.15, -0.1) is 11.8 Å². The van der Waals surface area contributed by atoms with Crippen LogP contribution < -0.4 is 5.73 Å². The highest BCUT2D eigenvalue weighted by atomic mass is 32.2. The SMILES string of the molecule is NCC(CO)CC1Cc2ccccc2S1. The molecule has 0 aromatic heterocycles. The van der Waals surface area contributed by atoms with Gasteiger partial charge in [0.15, 0.2) is 0 Å². The molecule has 2 atom stereocenters. The van der Waals surface area contributed by atoms with E-state index in [9.17, 15) is 0 Å². The van der Waals surface area contributed by atoms with Crippen molar-refractivity contribution in [3.05, 3.63) is 29.8 Å². The number of fused-ring (bicyclic) bond motifs is 1. The molecule has 2 nitrogen and oxygen atoms in total. The highest BCUT2D eigenvalue weighted by molar-refractivity contribution is 8.00. The Bertz CT molecular complexity index is 300. The summed E-state index contributed by atoms with van der Waals surface area (Å²) in [5, 5.41) is 9.71. The van der Waals surface area contributed by atoms with Crippen molar-refractivity contribution in [1.82, 2.24) is 0 Å². The van der Waals surface area contributed by atoms with Crippen molar-refractivity contribution in [3.8, 4) is 0 Å². The molecule has 1 heterocycles. The third-order valence-corrected chi connectivity index (χ3v) is 4.25. The third-order valence-electron chi connectivity index (χ3n) is 2.90. The summed E-state index contributed by atoms with van der Waals surface area (Å²) in [6.45, 7) is 0.799. The van der Waals surface area contributed by atoms with Crippen LogP contribution in [0.4, 0.5) is 0 Å². The lowest BCUT2D eigenvalue weighted by Crippen LogP contribution is -2.22. The maximum atomic E-state index is 9.11. The van der Waals surface area contributed by atoms with Gasteiger partial charge in [0.25, 0.3) is 0 Å². The molecular weight excluding hydrogens is 206 g/mol. The number of aliphatic hydroxyl groups excluding tert-OH is 1. The first-order valence-electron chi connectivity index (χ1n) is 5.39. The lowest BCUT2D eigenvalue weighted by Gasteiger charge is -2.15. The van der Waals surface area contributed by atoms with E-state index in [0.717, 1.165) is 12.8 Å². The second-order valence-electron chi connectivity index (χ2n) is 4.07. The molecule has 0 saturated heterocycles. The van der Waals surface area contributed by atoms with Gasteiger partial charge < -0.3 is 10.8 Å². The Balaban J connectivity index is 1.95. The lowest BCUT2D eigenvalue weighted by atomic mass is 10.0. The first-order valence-corrected chi connectivity index (χ1v) is 6.27. The summed E-state index contributed by atoms with van der Waals surface area (Å²) >= 11 is 1.93. The summed E-state index contributed by atoms with van der Waals surface area (Å²) in [5.41, 5.74) is 7.04. The molecule has 0 aliphatic carbocycles. The average Bonchev–Trinajstić information content (AvgIpc) is 2.68. The van der Waals surface area contributed by atoms with Crippen LogP contribution in [0.15, 0.2) is 29.2 Å². The summed E-state index contributed by atoms with van der Waals surface area (Å²) in [5.74, 6) is 0.261. The number of hydrogen-bond acceptors (Lipinski definition) is 3. The Labute approximate surface area is 94.9 Å². The quantitative estimate of drug-likeness (QED) is 0.816. The Morgan fingerprint density at radius 1 is 1.47 bits per heavy atom. The van der Waals surface area contributed by atoms with Crippen molar-refractivity contribution in [3.63, 3.8) is 0 Å². The molecule has 15 heavy (non-hydrogen) atoms. The summed E-state index contributed by atoms with van der Waals surface area (Å²) in [4.78, 5) is 1.40. The zero-order chi connectivity index (χ0) is 10.7. The minimum Gasteiger partial charge on any atom is -0.396 e. The molecule has 0 fully saturated rings. The second-order valence-corrected chi connectivity index (χ2v) is 5.41. The maximum Gasteiger partial charge on any atom is 0.0471 e. The van der Waals surface area contributed by atoms with Gasteiger partial charge in [-0.1, -0.05) is 18.2 Å². The minimum atomic E-state index is 0.212. The number of rotatable bonds is 4. The van der Waals surface area contributed by atoms with Crippen LogP contribution in [-0.4, -0.2) is 23.5 Å². The largest absolute Gasteiger partial charge is 0.396 e. The second kappa shape index (κ2) is 5.01. The van der Waals surface area contributed by atoms with E-state index >= 15 is 0 Å². The molecule has 0 radical (unpaired) electrons. The molecule has 82 valence electrons. The van der Waals surface area contributed by atoms with E-state index in [-0.39, 0.29) is 12.5 Å². The van der Waals surface area contributed by atoms with Crippen molar-refractivity contribution >= 4 is 11.8 Å².